The van der Waals surface area contributed by atoms with Gasteiger partial charge in [0.15, 0.2) is 0 Å². The largest absolute Gasteiger partial charge is 0.381 e. The lowest BCUT2D eigenvalue weighted by Crippen LogP contribution is -2.64. The van der Waals surface area contributed by atoms with Crippen LogP contribution in [0.25, 0.3) is 11.0 Å². The number of hydrogen-bond donors (Lipinski definition) is 0. The number of nitrogens with zero attached hydrogens (tertiary/aromatic N) is 5. The molecule has 0 aliphatic carbocycles. The molecule has 2 aliphatic rings. The summed E-state index contributed by atoms with van der Waals surface area (Å²) in [4.78, 5) is 18.6. The molecule has 4 rings (SSSR count). The maximum atomic E-state index is 12.8. The first-order chi connectivity index (χ1) is 11.7. The minimum atomic E-state index is 0.0639. The SMILES string of the molecule is CN1CCN(C(=O)Cn2nc3ccccc3n2)CC12CCOCC2. The van der Waals surface area contributed by atoms with E-state index in [-0.39, 0.29) is 18.0 Å². The summed E-state index contributed by atoms with van der Waals surface area (Å²) < 4.78 is 5.52. The average molecular weight is 329 g/mol. The van der Waals surface area contributed by atoms with Crippen molar-refractivity contribution < 1.29 is 9.53 Å². The van der Waals surface area contributed by atoms with E-state index in [1.54, 1.807) is 0 Å². The summed E-state index contributed by atoms with van der Waals surface area (Å²) in [7, 11) is 2.16. The lowest BCUT2D eigenvalue weighted by atomic mass is 9.86. The summed E-state index contributed by atoms with van der Waals surface area (Å²) in [6.07, 6.45) is 1.97. The Labute approximate surface area is 141 Å². The van der Waals surface area contributed by atoms with Crippen molar-refractivity contribution in [3.63, 3.8) is 0 Å². The number of amides is 1. The highest BCUT2D eigenvalue weighted by Crippen LogP contribution is 2.30. The van der Waals surface area contributed by atoms with E-state index in [1.165, 1.54) is 4.80 Å². The molecule has 0 radical (unpaired) electrons. The van der Waals surface area contributed by atoms with E-state index in [1.807, 2.05) is 29.2 Å². The molecule has 1 amide bonds. The van der Waals surface area contributed by atoms with Crippen LogP contribution in [0.2, 0.25) is 0 Å². The number of fused-ring (bicyclic) bond motifs is 1. The zero-order valence-corrected chi connectivity index (χ0v) is 14.0. The number of carbonyl (C=O) groups excluding carboxylic acids is 1. The number of piperazine rings is 1. The number of rotatable bonds is 2. The number of carbonyl (C=O) groups is 1. The molecule has 0 bridgehead atoms. The van der Waals surface area contributed by atoms with Crippen molar-refractivity contribution in [1.29, 1.82) is 0 Å². The molecule has 3 heterocycles. The monoisotopic (exact) mass is 329 g/mol. The molecule has 2 aromatic rings. The second-order valence-electron chi connectivity index (χ2n) is 6.79. The standard InChI is InChI=1S/C17H23N5O2/c1-20-8-9-21(13-17(20)6-10-24-11-7-17)16(23)12-22-18-14-4-2-3-5-15(14)19-22/h2-5H,6-13H2,1H3. The van der Waals surface area contributed by atoms with Crippen molar-refractivity contribution >= 4 is 16.9 Å². The summed E-state index contributed by atoms with van der Waals surface area (Å²) in [6.45, 7) is 4.19. The first-order valence-corrected chi connectivity index (χ1v) is 8.53. The van der Waals surface area contributed by atoms with Gasteiger partial charge in [0.05, 0.1) is 0 Å². The van der Waals surface area contributed by atoms with Crippen LogP contribution in [0, 0.1) is 0 Å². The fourth-order valence-corrected chi connectivity index (χ4v) is 3.76. The van der Waals surface area contributed by atoms with E-state index in [4.69, 9.17) is 4.74 Å². The van der Waals surface area contributed by atoms with Crippen LogP contribution in [-0.4, -0.2) is 76.1 Å². The molecule has 2 fully saturated rings. The van der Waals surface area contributed by atoms with E-state index in [9.17, 15) is 4.79 Å². The van der Waals surface area contributed by atoms with E-state index in [0.29, 0.717) is 0 Å². The molecule has 2 aliphatic heterocycles. The summed E-state index contributed by atoms with van der Waals surface area (Å²) in [5.74, 6) is 0.0919. The Hall–Kier alpha value is -1.99. The van der Waals surface area contributed by atoms with Crippen molar-refractivity contribution in [1.82, 2.24) is 24.8 Å². The van der Waals surface area contributed by atoms with Gasteiger partial charge in [-0.2, -0.15) is 15.0 Å². The minimum Gasteiger partial charge on any atom is -0.381 e. The Morgan fingerprint density at radius 1 is 1.17 bits per heavy atom. The van der Waals surface area contributed by atoms with Gasteiger partial charge in [0.25, 0.3) is 0 Å². The van der Waals surface area contributed by atoms with Gasteiger partial charge in [0.2, 0.25) is 5.91 Å². The zero-order chi connectivity index (χ0) is 16.6. The molecule has 0 N–H and O–H groups in total. The van der Waals surface area contributed by atoms with Crippen LogP contribution in [0.4, 0.5) is 0 Å². The lowest BCUT2D eigenvalue weighted by Gasteiger charge is -2.51. The van der Waals surface area contributed by atoms with Crippen molar-refractivity contribution in [2.45, 2.75) is 24.9 Å². The van der Waals surface area contributed by atoms with E-state index in [0.717, 1.165) is 56.7 Å². The first kappa shape index (κ1) is 15.5. The Bertz CT molecular complexity index is 704. The Morgan fingerprint density at radius 2 is 1.83 bits per heavy atom. The van der Waals surface area contributed by atoms with E-state index in [2.05, 4.69) is 22.1 Å². The number of aromatic nitrogens is 3. The number of benzene rings is 1. The first-order valence-electron chi connectivity index (χ1n) is 8.53. The molecule has 1 spiro atoms. The van der Waals surface area contributed by atoms with Gasteiger partial charge in [-0.15, -0.1) is 0 Å². The Balaban J connectivity index is 1.47. The summed E-state index contributed by atoms with van der Waals surface area (Å²) in [5, 5.41) is 8.79. The topological polar surface area (TPSA) is 63.5 Å². The van der Waals surface area contributed by atoms with Gasteiger partial charge in [-0.05, 0) is 32.0 Å². The summed E-state index contributed by atoms with van der Waals surface area (Å²) in [6, 6.07) is 7.68. The lowest BCUT2D eigenvalue weighted by molar-refractivity contribution is -0.140. The maximum Gasteiger partial charge on any atom is 0.246 e. The quantitative estimate of drug-likeness (QED) is 0.814. The van der Waals surface area contributed by atoms with Gasteiger partial charge in [0, 0.05) is 38.4 Å². The third-order valence-corrected chi connectivity index (χ3v) is 5.38. The fraction of sp³-hybridized carbons (Fsp3) is 0.588. The van der Waals surface area contributed by atoms with Gasteiger partial charge in [-0.3, -0.25) is 9.69 Å². The average Bonchev–Trinajstić information content (AvgIpc) is 3.00. The molecule has 7 nitrogen and oxygen atoms in total. The predicted molar refractivity (Wildman–Crippen MR) is 89.5 cm³/mol. The molecule has 1 aromatic carbocycles. The normalized spacial score (nSPS) is 21.5. The maximum absolute atomic E-state index is 12.8. The van der Waals surface area contributed by atoms with Crippen LogP contribution in [0.5, 0.6) is 0 Å². The number of likely N-dealkylation sites (N-methyl/N-ethyl adjacent to an activating group) is 1. The molecule has 1 aromatic heterocycles. The molecule has 0 unspecified atom stereocenters. The zero-order valence-electron chi connectivity index (χ0n) is 14.0. The molecule has 0 atom stereocenters. The Kier molecular flexibility index (Phi) is 3.97. The molecule has 24 heavy (non-hydrogen) atoms. The van der Waals surface area contributed by atoms with Crippen molar-refractivity contribution in [2.24, 2.45) is 0 Å². The van der Waals surface area contributed by atoms with E-state index >= 15 is 0 Å². The van der Waals surface area contributed by atoms with Crippen molar-refractivity contribution in [2.75, 3.05) is 39.9 Å². The second-order valence-corrected chi connectivity index (χ2v) is 6.79. The predicted octanol–water partition coefficient (Wildman–Crippen LogP) is 0.754. The van der Waals surface area contributed by atoms with Gasteiger partial charge in [-0.1, -0.05) is 12.1 Å². The third-order valence-electron chi connectivity index (χ3n) is 5.38. The minimum absolute atomic E-state index is 0.0639. The molecule has 0 saturated carbocycles. The molecule has 2 saturated heterocycles. The fourth-order valence-electron chi connectivity index (χ4n) is 3.76. The summed E-state index contributed by atoms with van der Waals surface area (Å²) >= 11 is 0. The van der Waals surface area contributed by atoms with Gasteiger partial charge >= 0.3 is 0 Å². The van der Waals surface area contributed by atoms with Crippen molar-refractivity contribution in [3.8, 4) is 0 Å². The second kappa shape index (κ2) is 6.14. The number of hydrogen-bond acceptors (Lipinski definition) is 5. The van der Waals surface area contributed by atoms with Crippen molar-refractivity contribution in [3.05, 3.63) is 24.3 Å². The smallest absolute Gasteiger partial charge is 0.246 e. The van der Waals surface area contributed by atoms with Gasteiger partial charge in [-0.25, -0.2) is 0 Å². The van der Waals surface area contributed by atoms with Crippen LogP contribution >= 0.6 is 0 Å². The van der Waals surface area contributed by atoms with Crippen LogP contribution in [0.3, 0.4) is 0 Å². The van der Waals surface area contributed by atoms with Crippen LogP contribution < -0.4 is 0 Å². The summed E-state index contributed by atoms with van der Waals surface area (Å²) in [5.41, 5.74) is 1.71. The molecular weight excluding hydrogens is 306 g/mol. The highest BCUT2D eigenvalue weighted by atomic mass is 16.5. The molecule has 128 valence electrons. The van der Waals surface area contributed by atoms with Gasteiger partial charge < -0.3 is 9.64 Å². The third kappa shape index (κ3) is 2.78. The van der Waals surface area contributed by atoms with E-state index < -0.39 is 0 Å². The highest BCUT2D eigenvalue weighted by Gasteiger charge is 2.42. The Morgan fingerprint density at radius 3 is 2.50 bits per heavy atom. The highest BCUT2D eigenvalue weighted by molar-refractivity contribution is 5.77. The van der Waals surface area contributed by atoms with Crippen LogP contribution in [0.15, 0.2) is 24.3 Å². The molecule has 7 heteroatoms. The van der Waals surface area contributed by atoms with Crippen LogP contribution in [-0.2, 0) is 16.1 Å². The molecular formula is C17H23N5O2. The van der Waals surface area contributed by atoms with Gasteiger partial charge in [0.1, 0.15) is 17.6 Å². The number of ether oxygens (including phenoxy) is 1. The van der Waals surface area contributed by atoms with Crippen LogP contribution in [0.1, 0.15) is 12.8 Å².